The molecule has 3 aromatic rings. The van der Waals surface area contributed by atoms with Crippen LogP contribution in [0.3, 0.4) is 0 Å². The molecule has 0 radical (unpaired) electrons. The monoisotopic (exact) mass is 403 g/mol. The van der Waals surface area contributed by atoms with Crippen molar-refractivity contribution in [2.45, 2.75) is 6.17 Å². The van der Waals surface area contributed by atoms with E-state index >= 15 is 0 Å². The molecular formula is C17H14BrN3O2S. The van der Waals surface area contributed by atoms with Gasteiger partial charge in [0.2, 0.25) is 0 Å². The first kappa shape index (κ1) is 15.4. The molecule has 1 aromatic heterocycles. The van der Waals surface area contributed by atoms with Gasteiger partial charge in [-0.2, -0.15) is 0 Å². The number of amides is 1. The molecule has 0 saturated carbocycles. The van der Waals surface area contributed by atoms with Crippen LogP contribution >= 0.6 is 27.3 Å². The second kappa shape index (κ2) is 5.46. The van der Waals surface area contributed by atoms with Crippen LogP contribution in [-0.2, 0) is 7.05 Å². The number of nitrogens with zero attached hydrogens (tertiary/aromatic N) is 2. The molecular weight excluding hydrogens is 390 g/mol. The smallest absolute Gasteiger partial charge is 0.307 e. The highest BCUT2D eigenvalue weighted by molar-refractivity contribution is 9.10. The van der Waals surface area contributed by atoms with E-state index in [1.54, 1.807) is 23.6 Å². The summed E-state index contributed by atoms with van der Waals surface area (Å²) < 4.78 is 3.43. The highest BCUT2D eigenvalue weighted by Crippen LogP contribution is 2.34. The van der Waals surface area contributed by atoms with Gasteiger partial charge in [0, 0.05) is 24.3 Å². The van der Waals surface area contributed by atoms with Gasteiger partial charge < -0.3 is 14.8 Å². The molecule has 4 rings (SSSR count). The molecule has 0 saturated heterocycles. The van der Waals surface area contributed by atoms with Crippen LogP contribution < -0.4 is 10.2 Å². The summed E-state index contributed by atoms with van der Waals surface area (Å²) in [5, 5.41) is 3.41. The Morgan fingerprint density at radius 1 is 1.12 bits per heavy atom. The Labute approximate surface area is 150 Å². The molecule has 1 atom stereocenters. The minimum atomic E-state index is -0.266. The van der Waals surface area contributed by atoms with Crippen molar-refractivity contribution in [1.82, 2.24) is 9.47 Å². The molecule has 1 aliphatic rings. The Balaban J connectivity index is 1.80. The standard InChI is InChI=1S/C17H14BrN3O2S/c1-20-13-6-3-9(7-14(13)24-17(20)23)15-19-12-5-4-10(18)8-11(12)16(22)21(15)2/h3-8,15,19H,1-2H3. The fraction of sp³-hybridized carbons (Fsp3) is 0.176. The largest absolute Gasteiger partial charge is 0.361 e. The number of thiazole rings is 1. The van der Waals surface area contributed by atoms with Crippen LogP contribution in [0.25, 0.3) is 10.2 Å². The lowest BCUT2D eigenvalue weighted by Gasteiger charge is -2.35. The maximum Gasteiger partial charge on any atom is 0.307 e. The average molecular weight is 404 g/mol. The highest BCUT2D eigenvalue weighted by Gasteiger charge is 2.30. The molecule has 0 bridgehead atoms. The number of carbonyl (C=O) groups is 1. The number of anilines is 1. The number of carbonyl (C=O) groups excluding carboxylic acids is 1. The molecule has 1 N–H and O–H groups in total. The second-order valence-corrected chi connectivity index (χ2v) is 7.72. The number of hydrogen-bond donors (Lipinski definition) is 1. The lowest BCUT2D eigenvalue weighted by atomic mass is 10.0. The van der Waals surface area contributed by atoms with Crippen LogP contribution in [0, 0.1) is 0 Å². The molecule has 2 heterocycles. The molecule has 0 spiro atoms. The van der Waals surface area contributed by atoms with E-state index in [0.717, 1.165) is 25.9 Å². The third-order valence-corrected chi connectivity index (χ3v) is 5.83. The summed E-state index contributed by atoms with van der Waals surface area (Å²) in [4.78, 5) is 26.2. The first-order valence-electron chi connectivity index (χ1n) is 7.38. The Kier molecular flexibility index (Phi) is 3.51. The summed E-state index contributed by atoms with van der Waals surface area (Å²) >= 11 is 4.62. The molecule has 1 amide bonds. The number of hydrogen-bond acceptors (Lipinski definition) is 4. The van der Waals surface area contributed by atoms with Crippen molar-refractivity contribution in [3.63, 3.8) is 0 Å². The summed E-state index contributed by atoms with van der Waals surface area (Å²) in [6.07, 6.45) is -0.266. The van der Waals surface area contributed by atoms with Crippen LogP contribution in [0.1, 0.15) is 22.1 Å². The van der Waals surface area contributed by atoms with Gasteiger partial charge in [-0.3, -0.25) is 9.59 Å². The van der Waals surface area contributed by atoms with Crippen LogP contribution in [-0.4, -0.2) is 22.4 Å². The number of rotatable bonds is 1. The Hall–Kier alpha value is -2.12. The van der Waals surface area contributed by atoms with Crippen molar-refractivity contribution in [3.05, 3.63) is 61.7 Å². The summed E-state index contributed by atoms with van der Waals surface area (Å²) in [5.74, 6) is -0.0311. The van der Waals surface area contributed by atoms with Crippen molar-refractivity contribution in [1.29, 1.82) is 0 Å². The first-order chi connectivity index (χ1) is 11.5. The topological polar surface area (TPSA) is 54.3 Å². The molecule has 5 nitrogen and oxygen atoms in total. The molecule has 2 aromatic carbocycles. The quantitative estimate of drug-likeness (QED) is 0.675. The fourth-order valence-electron chi connectivity index (χ4n) is 3.00. The molecule has 0 fully saturated rings. The van der Waals surface area contributed by atoms with Gasteiger partial charge in [-0.1, -0.05) is 33.3 Å². The van der Waals surface area contributed by atoms with Gasteiger partial charge in [-0.15, -0.1) is 0 Å². The zero-order valence-corrected chi connectivity index (χ0v) is 15.4. The van der Waals surface area contributed by atoms with E-state index in [1.165, 1.54) is 11.3 Å². The van der Waals surface area contributed by atoms with Gasteiger partial charge in [-0.05, 0) is 35.9 Å². The predicted molar refractivity (Wildman–Crippen MR) is 99.7 cm³/mol. The van der Waals surface area contributed by atoms with Gasteiger partial charge in [0.25, 0.3) is 5.91 Å². The SMILES string of the molecule is CN1C(=O)c2cc(Br)ccc2NC1c1ccc2c(c1)sc(=O)n2C. The van der Waals surface area contributed by atoms with E-state index in [-0.39, 0.29) is 16.9 Å². The minimum Gasteiger partial charge on any atom is -0.361 e. The lowest BCUT2D eigenvalue weighted by Crippen LogP contribution is -2.40. The van der Waals surface area contributed by atoms with Gasteiger partial charge >= 0.3 is 4.87 Å². The Morgan fingerprint density at radius 2 is 1.92 bits per heavy atom. The lowest BCUT2D eigenvalue weighted by molar-refractivity contribution is 0.0735. The first-order valence-corrected chi connectivity index (χ1v) is 8.99. The summed E-state index contributed by atoms with van der Waals surface area (Å²) in [6, 6.07) is 11.5. The van der Waals surface area contributed by atoms with Gasteiger partial charge in [0.1, 0.15) is 6.17 Å². The number of benzene rings is 2. The zero-order chi connectivity index (χ0) is 17.0. The third-order valence-electron chi connectivity index (χ3n) is 4.34. The van der Waals surface area contributed by atoms with E-state index in [9.17, 15) is 9.59 Å². The van der Waals surface area contributed by atoms with E-state index < -0.39 is 0 Å². The van der Waals surface area contributed by atoms with Crippen LogP contribution in [0.5, 0.6) is 0 Å². The molecule has 7 heteroatoms. The predicted octanol–water partition coefficient (Wildman–Crippen LogP) is 3.56. The number of halogens is 1. The van der Waals surface area contributed by atoms with Crippen LogP contribution in [0.15, 0.2) is 45.7 Å². The third kappa shape index (κ3) is 2.27. The summed E-state index contributed by atoms with van der Waals surface area (Å²) in [7, 11) is 3.55. The maximum absolute atomic E-state index is 12.7. The van der Waals surface area contributed by atoms with E-state index in [1.807, 2.05) is 36.4 Å². The van der Waals surface area contributed by atoms with Crippen molar-refractivity contribution < 1.29 is 4.79 Å². The normalized spacial score (nSPS) is 17.0. The average Bonchev–Trinajstić information content (AvgIpc) is 2.85. The summed E-state index contributed by atoms with van der Waals surface area (Å²) in [5.41, 5.74) is 3.32. The van der Waals surface area contributed by atoms with E-state index in [0.29, 0.717) is 5.56 Å². The van der Waals surface area contributed by atoms with E-state index in [2.05, 4.69) is 21.2 Å². The molecule has 122 valence electrons. The number of aromatic nitrogens is 1. The fourth-order valence-corrected chi connectivity index (χ4v) is 4.29. The van der Waals surface area contributed by atoms with Crippen molar-refractivity contribution in [3.8, 4) is 0 Å². The summed E-state index contributed by atoms with van der Waals surface area (Å²) in [6.45, 7) is 0. The number of aryl methyl sites for hydroxylation is 1. The molecule has 1 aliphatic heterocycles. The molecule has 24 heavy (non-hydrogen) atoms. The number of nitrogens with one attached hydrogen (secondary N) is 1. The van der Waals surface area contributed by atoms with Crippen molar-refractivity contribution in [2.75, 3.05) is 12.4 Å². The minimum absolute atomic E-state index is 0.0124. The highest BCUT2D eigenvalue weighted by atomic mass is 79.9. The van der Waals surface area contributed by atoms with E-state index in [4.69, 9.17) is 0 Å². The Bertz CT molecular complexity index is 1040. The molecule has 1 unspecified atom stereocenters. The second-order valence-electron chi connectivity index (χ2n) is 5.81. The van der Waals surface area contributed by atoms with Gasteiger partial charge in [0.15, 0.2) is 0 Å². The van der Waals surface area contributed by atoms with Crippen LogP contribution in [0.4, 0.5) is 5.69 Å². The van der Waals surface area contributed by atoms with Crippen LogP contribution in [0.2, 0.25) is 0 Å². The van der Waals surface area contributed by atoms with Crippen molar-refractivity contribution in [2.24, 2.45) is 7.05 Å². The van der Waals surface area contributed by atoms with Gasteiger partial charge in [-0.25, -0.2) is 0 Å². The van der Waals surface area contributed by atoms with Gasteiger partial charge in [0.05, 0.1) is 15.8 Å². The number of fused-ring (bicyclic) bond motifs is 2. The maximum atomic E-state index is 12.7. The zero-order valence-electron chi connectivity index (χ0n) is 13.0. The Morgan fingerprint density at radius 3 is 2.71 bits per heavy atom. The van der Waals surface area contributed by atoms with Crippen molar-refractivity contribution >= 4 is 49.1 Å². The molecule has 0 aliphatic carbocycles.